The second-order valence-electron chi connectivity index (χ2n) is 4.79. The fourth-order valence-corrected chi connectivity index (χ4v) is 2.96. The molecule has 1 aromatic heterocycles. The molecular formula is C17H10Br2O4. The normalized spacial score (nSPS) is 10.7. The molecule has 0 radical (unpaired) electrons. The van der Waals surface area contributed by atoms with Crippen molar-refractivity contribution in [3.05, 3.63) is 79.0 Å². The Kier molecular flexibility index (Phi) is 4.63. The Labute approximate surface area is 148 Å². The summed E-state index contributed by atoms with van der Waals surface area (Å²) >= 11 is 6.64. The SMILES string of the molecule is O=C(OCc1cc(=O)oc2cc(Br)ccc12)c1ccccc1Br. The van der Waals surface area contributed by atoms with Crippen molar-refractivity contribution in [2.75, 3.05) is 0 Å². The molecule has 23 heavy (non-hydrogen) atoms. The Hall–Kier alpha value is -1.92. The lowest BCUT2D eigenvalue weighted by molar-refractivity contribution is 0.0472. The Bertz CT molecular complexity index is 947. The minimum atomic E-state index is -0.484. The molecule has 3 aromatic rings. The van der Waals surface area contributed by atoms with Crippen molar-refractivity contribution >= 4 is 48.8 Å². The minimum Gasteiger partial charge on any atom is -0.457 e. The molecule has 0 amide bonds. The number of hydrogen-bond acceptors (Lipinski definition) is 4. The van der Waals surface area contributed by atoms with Gasteiger partial charge in [0.15, 0.2) is 0 Å². The number of fused-ring (bicyclic) bond motifs is 1. The zero-order chi connectivity index (χ0) is 16.4. The zero-order valence-electron chi connectivity index (χ0n) is 11.7. The predicted molar refractivity (Wildman–Crippen MR) is 93.4 cm³/mol. The highest BCUT2D eigenvalue weighted by molar-refractivity contribution is 9.10. The molecule has 6 heteroatoms. The standard InChI is InChI=1S/C17H10Br2O4/c18-11-5-6-12-10(7-16(20)23-15(12)8-11)9-22-17(21)13-3-1-2-4-14(13)19/h1-8H,9H2. The van der Waals surface area contributed by atoms with Gasteiger partial charge in [0, 0.05) is 26.0 Å². The molecule has 0 aliphatic heterocycles. The van der Waals surface area contributed by atoms with Crippen molar-refractivity contribution in [3.63, 3.8) is 0 Å². The highest BCUT2D eigenvalue weighted by Crippen LogP contribution is 2.23. The maximum Gasteiger partial charge on any atom is 0.339 e. The van der Waals surface area contributed by atoms with E-state index in [1.165, 1.54) is 6.07 Å². The summed E-state index contributed by atoms with van der Waals surface area (Å²) in [5, 5.41) is 0.729. The van der Waals surface area contributed by atoms with Gasteiger partial charge in [-0.15, -0.1) is 0 Å². The Morgan fingerprint density at radius 1 is 1.09 bits per heavy atom. The summed E-state index contributed by atoms with van der Waals surface area (Å²) in [6, 6.07) is 13.7. The molecule has 0 fully saturated rings. The molecule has 0 spiro atoms. The topological polar surface area (TPSA) is 56.5 Å². The van der Waals surface area contributed by atoms with Crippen LogP contribution < -0.4 is 5.63 Å². The maximum atomic E-state index is 12.2. The van der Waals surface area contributed by atoms with Gasteiger partial charge >= 0.3 is 11.6 Å². The molecule has 0 unspecified atom stereocenters. The highest BCUT2D eigenvalue weighted by atomic mass is 79.9. The molecule has 2 aromatic carbocycles. The summed E-state index contributed by atoms with van der Waals surface area (Å²) in [5.41, 5.74) is 0.994. The lowest BCUT2D eigenvalue weighted by Gasteiger charge is -2.08. The first kappa shape index (κ1) is 16.0. The molecule has 4 nitrogen and oxygen atoms in total. The van der Waals surface area contributed by atoms with E-state index in [-0.39, 0.29) is 6.61 Å². The molecule has 0 aliphatic rings. The van der Waals surface area contributed by atoms with E-state index in [9.17, 15) is 9.59 Å². The third-order valence-electron chi connectivity index (χ3n) is 3.24. The van der Waals surface area contributed by atoms with Gasteiger partial charge < -0.3 is 9.15 Å². The van der Waals surface area contributed by atoms with Gasteiger partial charge in [0.1, 0.15) is 12.2 Å². The van der Waals surface area contributed by atoms with Crippen molar-refractivity contribution in [1.29, 1.82) is 0 Å². The van der Waals surface area contributed by atoms with Gasteiger partial charge in [0.2, 0.25) is 0 Å². The van der Waals surface area contributed by atoms with Crippen LogP contribution in [0.15, 0.2) is 66.7 Å². The molecule has 0 bridgehead atoms. The number of benzene rings is 2. The number of halogens is 2. The first-order valence-corrected chi connectivity index (χ1v) is 8.27. The zero-order valence-corrected chi connectivity index (χ0v) is 14.9. The molecule has 0 saturated heterocycles. The van der Waals surface area contributed by atoms with E-state index in [0.717, 1.165) is 9.86 Å². The fraction of sp³-hybridized carbons (Fsp3) is 0.0588. The minimum absolute atomic E-state index is 0.0100. The van der Waals surface area contributed by atoms with Crippen LogP contribution in [0, 0.1) is 0 Å². The molecule has 1 heterocycles. The second kappa shape index (κ2) is 6.68. The van der Waals surface area contributed by atoms with Crippen LogP contribution in [0.4, 0.5) is 0 Å². The van der Waals surface area contributed by atoms with Crippen molar-refractivity contribution in [3.8, 4) is 0 Å². The summed E-state index contributed by atoms with van der Waals surface area (Å²) in [6.45, 7) is -0.0100. The lowest BCUT2D eigenvalue weighted by atomic mass is 10.1. The van der Waals surface area contributed by atoms with E-state index in [4.69, 9.17) is 9.15 Å². The van der Waals surface area contributed by atoms with Gasteiger partial charge in [-0.3, -0.25) is 0 Å². The molecule has 3 rings (SSSR count). The van der Waals surface area contributed by atoms with Crippen molar-refractivity contribution in [2.45, 2.75) is 6.61 Å². The highest BCUT2D eigenvalue weighted by Gasteiger charge is 2.13. The molecule has 116 valence electrons. The molecule has 0 aliphatic carbocycles. The first-order chi connectivity index (χ1) is 11.0. The van der Waals surface area contributed by atoms with E-state index in [1.54, 1.807) is 24.3 Å². The quantitative estimate of drug-likeness (QED) is 0.441. The van der Waals surface area contributed by atoms with Crippen LogP contribution in [-0.2, 0) is 11.3 Å². The number of carbonyl (C=O) groups is 1. The first-order valence-electron chi connectivity index (χ1n) is 6.68. The number of esters is 1. The van der Waals surface area contributed by atoms with Crippen LogP contribution >= 0.6 is 31.9 Å². The Balaban J connectivity index is 1.89. The average Bonchev–Trinajstić information content (AvgIpc) is 2.52. The summed E-state index contributed by atoms with van der Waals surface area (Å²) in [6.07, 6.45) is 0. The van der Waals surface area contributed by atoms with E-state index < -0.39 is 11.6 Å². The van der Waals surface area contributed by atoms with Gasteiger partial charge in [0.05, 0.1) is 5.56 Å². The molecule has 0 saturated carbocycles. The van der Waals surface area contributed by atoms with Gasteiger partial charge in [0.25, 0.3) is 0 Å². The third kappa shape index (κ3) is 3.54. The van der Waals surface area contributed by atoms with Crippen LogP contribution in [0.3, 0.4) is 0 Å². The maximum absolute atomic E-state index is 12.2. The van der Waals surface area contributed by atoms with E-state index in [2.05, 4.69) is 31.9 Å². The number of carbonyl (C=O) groups excluding carboxylic acids is 1. The van der Waals surface area contributed by atoms with Gasteiger partial charge in [-0.05, 0) is 46.3 Å². The van der Waals surface area contributed by atoms with E-state index in [1.807, 2.05) is 18.2 Å². The number of hydrogen-bond donors (Lipinski definition) is 0. The predicted octanol–water partition coefficient (Wildman–Crippen LogP) is 4.68. The summed E-state index contributed by atoms with van der Waals surface area (Å²) in [4.78, 5) is 23.8. The van der Waals surface area contributed by atoms with Crippen LogP contribution in [0.1, 0.15) is 15.9 Å². The molecule has 0 N–H and O–H groups in total. The van der Waals surface area contributed by atoms with Crippen LogP contribution in [0.25, 0.3) is 11.0 Å². The summed E-state index contributed by atoms with van der Waals surface area (Å²) in [7, 11) is 0. The largest absolute Gasteiger partial charge is 0.457 e. The van der Waals surface area contributed by atoms with Crippen molar-refractivity contribution < 1.29 is 13.9 Å². The second-order valence-corrected chi connectivity index (χ2v) is 6.56. The Morgan fingerprint density at radius 2 is 1.87 bits per heavy atom. The van der Waals surface area contributed by atoms with Gasteiger partial charge in [-0.2, -0.15) is 0 Å². The monoisotopic (exact) mass is 436 g/mol. The van der Waals surface area contributed by atoms with Gasteiger partial charge in [-0.25, -0.2) is 9.59 Å². The summed E-state index contributed by atoms with van der Waals surface area (Å²) < 4.78 is 11.9. The van der Waals surface area contributed by atoms with Crippen molar-refractivity contribution in [2.24, 2.45) is 0 Å². The third-order valence-corrected chi connectivity index (χ3v) is 4.43. The van der Waals surface area contributed by atoms with E-state index in [0.29, 0.717) is 21.2 Å². The van der Waals surface area contributed by atoms with E-state index >= 15 is 0 Å². The summed E-state index contributed by atoms with van der Waals surface area (Å²) in [5.74, 6) is -0.462. The number of ether oxygens (including phenoxy) is 1. The smallest absolute Gasteiger partial charge is 0.339 e. The van der Waals surface area contributed by atoms with Crippen LogP contribution in [0.5, 0.6) is 0 Å². The van der Waals surface area contributed by atoms with Gasteiger partial charge in [-0.1, -0.05) is 28.1 Å². The lowest BCUT2D eigenvalue weighted by Crippen LogP contribution is -2.08. The number of rotatable bonds is 3. The Morgan fingerprint density at radius 3 is 2.65 bits per heavy atom. The van der Waals surface area contributed by atoms with Crippen LogP contribution in [-0.4, -0.2) is 5.97 Å². The van der Waals surface area contributed by atoms with Crippen LogP contribution in [0.2, 0.25) is 0 Å². The molecular weight excluding hydrogens is 428 g/mol. The van der Waals surface area contributed by atoms with Crippen molar-refractivity contribution in [1.82, 2.24) is 0 Å². The molecule has 0 atom stereocenters. The fourth-order valence-electron chi connectivity index (χ4n) is 2.17. The average molecular weight is 438 g/mol.